The van der Waals surface area contributed by atoms with E-state index in [9.17, 15) is 0 Å². The van der Waals surface area contributed by atoms with Gasteiger partial charge >= 0.3 is 0 Å². The van der Waals surface area contributed by atoms with Crippen LogP contribution < -0.4 is 5.32 Å². The first-order valence-electron chi connectivity index (χ1n) is 12.0. The summed E-state index contributed by atoms with van der Waals surface area (Å²) in [6.45, 7) is 13.0. The van der Waals surface area contributed by atoms with Gasteiger partial charge in [-0.3, -0.25) is 9.58 Å². The van der Waals surface area contributed by atoms with Gasteiger partial charge in [0.15, 0.2) is 5.96 Å². The van der Waals surface area contributed by atoms with E-state index in [0.717, 1.165) is 51.6 Å². The van der Waals surface area contributed by atoms with Crippen molar-refractivity contribution in [2.75, 3.05) is 32.7 Å². The maximum absolute atomic E-state index is 5.91. The molecule has 0 spiro atoms. The zero-order chi connectivity index (χ0) is 22.5. The molecule has 2 aliphatic rings. The van der Waals surface area contributed by atoms with Crippen LogP contribution in [0.4, 0.5) is 0 Å². The molecule has 4 rings (SSSR count). The second-order valence-corrected chi connectivity index (χ2v) is 9.27. The number of halogens is 1. The number of likely N-dealkylation sites (tertiary alicyclic amines) is 1. The molecular weight excluding hydrogens is 527 g/mol. The van der Waals surface area contributed by atoms with Gasteiger partial charge < -0.3 is 15.0 Å². The minimum absolute atomic E-state index is 0. The van der Waals surface area contributed by atoms with Crippen LogP contribution in [0.15, 0.2) is 41.7 Å². The molecule has 33 heavy (non-hydrogen) atoms. The van der Waals surface area contributed by atoms with Gasteiger partial charge in [0.1, 0.15) is 0 Å². The van der Waals surface area contributed by atoms with Crippen LogP contribution in [0, 0.1) is 0 Å². The number of nitrogens with zero attached hydrogens (tertiary/aromatic N) is 5. The molecule has 3 heterocycles. The molecule has 0 aliphatic carbocycles. The Kier molecular flexibility index (Phi) is 9.57. The van der Waals surface area contributed by atoms with Gasteiger partial charge in [0.05, 0.1) is 24.9 Å². The van der Waals surface area contributed by atoms with Crippen LogP contribution in [0.5, 0.6) is 0 Å². The molecule has 0 saturated carbocycles. The molecule has 0 amide bonds. The zero-order valence-electron chi connectivity index (χ0n) is 20.4. The number of morpholine rings is 1. The SMILES string of the molecule is CCNC(=NCc1ccccc1CN1CC(C)OC(C)C1)N1CCC(c2cnn(C)c2)C1.I. The van der Waals surface area contributed by atoms with Crippen LogP contribution in [0.3, 0.4) is 0 Å². The molecule has 2 aromatic rings. The number of ether oxygens (including phenoxy) is 1. The molecule has 1 aromatic heterocycles. The largest absolute Gasteiger partial charge is 0.373 e. The summed E-state index contributed by atoms with van der Waals surface area (Å²) in [4.78, 5) is 9.95. The molecule has 3 unspecified atom stereocenters. The summed E-state index contributed by atoms with van der Waals surface area (Å²) in [5.74, 6) is 1.53. The molecule has 3 atom stereocenters. The van der Waals surface area contributed by atoms with Crippen LogP contribution in [0.25, 0.3) is 0 Å². The fraction of sp³-hybridized carbons (Fsp3) is 0.600. The van der Waals surface area contributed by atoms with Crippen molar-refractivity contribution in [3.63, 3.8) is 0 Å². The molecule has 2 aliphatic heterocycles. The molecule has 2 fully saturated rings. The van der Waals surface area contributed by atoms with E-state index in [1.165, 1.54) is 16.7 Å². The van der Waals surface area contributed by atoms with Crippen LogP contribution in [0.1, 0.15) is 49.8 Å². The zero-order valence-corrected chi connectivity index (χ0v) is 22.7. The van der Waals surface area contributed by atoms with Gasteiger partial charge in [-0.2, -0.15) is 5.10 Å². The number of benzene rings is 1. The van der Waals surface area contributed by atoms with Gasteiger partial charge in [-0.25, -0.2) is 4.99 Å². The van der Waals surface area contributed by atoms with Gasteiger partial charge in [0, 0.05) is 58.4 Å². The summed E-state index contributed by atoms with van der Waals surface area (Å²) >= 11 is 0. The molecule has 0 bridgehead atoms. The summed E-state index contributed by atoms with van der Waals surface area (Å²) in [6, 6.07) is 8.73. The van der Waals surface area contributed by atoms with E-state index >= 15 is 0 Å². The lowest BCUT2D eigenvalue weighted by atomic mass is 10.0. The van der Waals surface area contributed by atoms with E-state index in [1.807, 2.05) is 17.9 Å². The molecule has 7 nitrogen and oxygen atoms in total. The molecule has 8 heteroatoms. The highest BCUT2D eigenvalue weighted by Crippen LogP contribution is 2.27. The first kappa shape index (κ1) is 26.0. The highest BCUT2D eigenvalue weighted by molar-refractivity contribution is 14.0. The van der Waals surface area contributed by atoms with E-state index in [0.29, 0.717) is 12.5 Å². The first-order valence-corrected chi connectivity index (χ1v) is 12.0. The maximum Gasteiger partial charge on any atom is 0.194 e. The van der Waals surface area contributed by atoms with Crippen LogP contribution in [-0.4, -0.2) is 70.5 Å². The smallest absolute Gasteiger partial charge is 0.194 e. The Morgan fingerprint density at radius 3 is 2.55 bits per heavy atom. The number of aromatic nitrogens is 2. The average Bonchev–Trinajstić information content (AvgIpc) is 3.40. The Balaban J connectivity index is 0.00000306. The Hall–Kier alpha value is -1.65. The van der Waals surface area contributed by atoms with Gasteiger partial charge in [0.2, 0.25) is 0 Å². The third-order valence-electron chi connectivity index (χ3n) is 6.43. The number of hydrogen-bond acceptors (Lipinski definition) is 4. The van der Waals surface area contributed by atoms with Crippen molar-refractivity contribution in [3.8, 4) is 0 Å². The fourth-order valence-electron chi connectivity index (χ4n) is 4.98. The van der Waals surface area contributed by atoms with Gasteiger partial charge in [-0.15, -0.1) is 24.0 Å². The van der Waals surface area contributed by atoms with Crippen molar-refractivity contribution in [3.05, 3.63) is 53.3 Å². The Morgan fingerprint density at radius 1 is 1.15 bits per heavy atom. The number of rotatable bonds is 6. The lowest BCUT2D eigenvalue weighted by molar-refractivity contribution is -0.0705. The third-order valence-corrected chi connectivity index (χ3v) is 6.43. The van der Waals surface area contributed by atoms with E-state index < -0.39 is 0 Å². The summed E-state index contributed by atoms with van der Waals surface area (Å²) in [5.41, 5.74) is 3.99. The van der Waals surface area contributed by atoms with Gasteiger partial charge in [0.25, 0.3) is 0 Å². The van der Waals surface area contributed by atoms with Crippen molar-refractivity contribution >= 4 is 29.9 Å². The molecular formula is C25H39IN6O. The normalized spacial score (nSPS) is 24.1. The second kappa shape index (κ2) is 12.2. The summed E-state index contributed by atoms with van der Waals surface area (Å²) in [6.07, 6.45) is 5.85. The van der Waals surface area contributed by atoms with Crippen molar-refractivity contribution in [2.45, 2.75) is 58.4 Å². The van der Waals surface area contributed by atoms with Gasteiger partial charge in [-0.05, 0) is 43.9 Å². The molecule has 182 valence electrons. The maximum atomic E-state index is 5.91. The van der Waals surface area contributed by atoms with E-state index in [1.54, 1.807) is 0 Å². The highest BCUT2D eigenvalue weighted by Gasteiger charge is 2.27. The van der Waals surface area contributed by atoms with Crippen molar-refractivity contribution < 1.29 is 4.74 Å². The highest BCUT2D eigenvalue weighted by atomic mass is 127. The number of hydrogen-bond donors (Lipinski definition) is 1. The minimum Gasteiger partial charge on any atom is -0.373 e. The molecule has 2 saturated heterocycles. The van der Waals surface area contributed by atoms with Crippen molar-refractivity contribution in [1.29, 1.82) is 0 Å². The quantitative estimate of drug-likeness (QED) is 0.329. The summed E-state index contributed by atoms with van der Waals surface area (Å²) < 4.78 is 7.80. The minimum atomic E-state index is 0. The Bertz CT molecular complexity index is 906. The first-order chi connectivity index (χ1) is 15.5. The van der Waals surface area contributed by atoms with Crippen molar-refractivity contribution in [1.82, 2.24) is 24.9 Å². The van der Waals surface area contributed by atoms with Crippen LogP contribution in [-0.2, 0) is 24.9 Å². The Morgan fingerprint density at radius 2 is 1.88 bits per heavy atom. The number of aryl methyl sites for hydroxylation is 1. The van der Waals surface area contributed by atoms with Gasteiger partial charge in [-0.1, -0.05) is 24.3 Å². The van der Waals surface area contributed by atoms with Crippen molar-refractivity contribution in [2.24, 2.45) is 12.0 Å². The monoisotopic (exact) mass is 566 g/mol. The summed E-state index contributed by atoms with van der Waals surface area (Å²) in [5, 5.41) is 7.86. The van der Waals surface area contributed by atoms with E-state index in [2.05, 4.69) is 71.4 Å². The number of nitrogens with one attached hydrogen (secondary N) is 1. The average molecular weight is 567 g/mol. The molecule has 1 N–H and O–H groups in total. The second-order valence-electron chi connectivity index (χ2n) is 9.27. The summed E-state index contributed by atoms with van der Waals surface area (Å²) in [7, 11) is 1.98. The third kappa shape index (κ3) is 6.93. The Labute approximate surface area is 215 Å². The number of guanidine groups is 1. The standard InChI is InChI=1S/C25H38N6O.HI/c1-5-26-25(31-11-10-23(18-31)24-13-28-29(4)16-24)27-12-21-8-6-7-9-22(21)17-30-14-19(2)32-20(3)15-30;/h6-9,13,16,19-20,23H,5,10-12,14-15,17-18H2,1-4H3,(H,26,27);1H. The van der Waals surface area contributed by atoms with E-state index in [4.69, 9.17) is 9.73 Å². The predicted molar refractivity (Wildman–Crippen MR) is 144 cm³/mol. The molecule has 0 radical (unpaired) electrons. The van der Waals surface area contributed by atoms with Crippen LogP contribution in [0.2, 0.25) is 0 Å². The number of aliphatic imine (C=N–C) groups is 1. The lowest BCUT2D eigenvalue weighted by Crippen LogP contribution is -2.44. The lowest BCUT2D eigenvalue weighted by Gasteiger charge is -2.35. The fourth-order valence-corrected chi connectivity index (χ4v) is 4.98. The topological polar surface area (TPSA) is 57.9 Å². The molecule has 1 aromatic carbocycles. The van der Waals surface area contributed by atoms with Crippen LogP contribution >= 0.6 is 24.0 Å². The predicted octanol–water partition coefficient (Wildman–Crippen LogP) is 3.60. The van der Waals surface area contributed by atoms with E-state index in [-0.39, 0.29) is 36.2 Å².